The van der Waals surface area contributed by atoms with E-state index < -0.39 is 12.1 Å². The SMILES string of the molecule is CCCC(=O)Nc1ccc(C(=O)C(C)OC(=O)c2ccc(=O)n(CCC)n2)cc1. The third kappa shape index (κ3) is 6.10. The van der Waals surface area contributed by atoms with Crippen LogP contribution in [0.15, 0.2) is 41.2 Å². The van der Waals surface area contributed by atoms with Gasteiger partial charge in [-0.05, 0) is 50.1 Å². The highest BCUT2D eigenvalue weighted by molar-refractivity contribution is 6.01. The van der Waals surface area contributed by atoms with Crippen LogP contribution < -0.4 is 10.9 Å². The van der Waals surface area contributed by atoms with Gasteiger partial charge in [0.15, 0.2) is 11.8 Å². The van der Waals surface area contributed by atoms with Crippen LogP contribution in [0.5, 0.6) is 0 Å². The first-order valence-electron chi connectivity index (χ1n) is 9.59. The molecule has 1 aromatic carbocycles. The molecule has 2 rings (SSSR count). The Hall–Kier alpha value is -3.29. The van der Waals surface area contributed by atoms with Crippen LogP contribution in [-0.4, -0.2) is 33.5 Å². The van der Waals surface area contributed by atoms with Crippen molar-refractivity contribution < 1.29 is 19.1 Å². The van der Waals surface area contributed by atoms with E-state index in [1.165, 1.54) is 23.7 Å². The first-order chi connectivity index (χ1) is 13.8. The van der Waals surface area contributed by atoms with Crippen LogP contribution in [0.2, 0.25) is 0 Å². The number of rotatable bonds is 9. The van der Waals surface area contributed by atoms with Gasteiger partial charge in [0.25, 0.3) is 5.56 Å². The molecule has 2 aromatic rings. The minimum atomic E-state index is -1.03. The van der Waals surface area contributed by atoms with Crippen molar-refractivity contribution in [1.29, 1.82) is 0 Å². The predicted octanol–water partition coefficient (Wildman–Crippen LogP) is 2.82. The number of benzene rings is 1. The van der Waals surface area contributed by atoms with E-state index in [2.05, 4.69) is 10.4 Å². The second-order valence-corrected chi connectivity index (χ2v) is 6.57. The lowest BCUT2D eigenvalue weighted by atomic mass is 10.1. The van der Waals surface area contributed by atoms with Crippen LogP contribution in [0.25, 0.3) is 0 Å². The zero-order chi connectivity index (χ0) is 21.4. The molecule has 0 radical (unpaired) electrons. The van der Waals surface area contributed by atoms with E-state index >= 15 is 0 Å². The molecule has 1 heterocycles. The first kappa shape index (κ1) is 22.0. The molecule has 0 aliphatic rings. The number of hydrogen-bond acceptors (Lipinski definition) is 6. The van der Waals surface area contributed by atoms with Crippen LogP contribution in [0, 0.1) is 0 Å². The van der Waals surface area contributed by atoms with Crippen LogP contribution in [0.3, 0.4) is 0 Å². The number of aromatic nitrogens is 2. The fourth-order valence-electron chi connectivity index (χ4n) is 2.61. The summed E-state index contributed by atoms with van der Waals surface area (Å²) in [7, 11) is 0. The van der Waals surface area contributed by atoms with Gasteiger partial charge in [-0.3, -0.25) is 14.4 Å². The predicted molar refractivity (Wildman–Crippen MR) is 108 cm³/mol. The molecule has 0 spiro atoms. The van der Waals surface area contributed by atoms with Crippen molar-refractivity contribution in [3.8, 4) is 0 Å². The summed E-state index contributed by atoms with van der Waals surface area (Å²) in [5.41, 5.74) is 0.597. The number of aryl methyl sites for hydroxylation is 1. The monoisotopic (exact) mass is 399 g/mol. The number of hydrogen-bond donors (Lipinski definition) is 1. The summed E-state index contributed by atoms with van der Waals surface area (Å²) in [5, 5.41) is 6.72. The number of ether oxygens (including phenoxy) is 1. The molecule has 0 saturated heterocycles. The summed E-state index contributed by atoms with van der Waals surface area (Å²) >= 11 is 0. The van der Waals surface area contributed by atoms with Gasteiger partial charge < -0.3 is 10.1 Å². The molecule has 0 fully saturated rings. The Balaban J connectivity index is 2.03. The Morgan fingerprint density at radius 2 is 1.76 bits per heavy atom. The highest BCUT2D eigenvalue weighted by Gasteiger charge is 2.21. The maximum Gasteiger partial charge on any atom is 0.359 e. The molecule has 1 N–H and O–H groups in total. The van der Waals surface area contributed by atoms with Crippen LogP contribution in [-0.2, 0) is 16.1 Å². The summed E-state index contributed by atoms with van der Waals surface area (Å²) in [4.78, 5) is 48.1. The van der Waals surface area contributed by atoms with Crippen molar-refractivity contribution in [2.45, 2.75) is 52.7 Å². The number of carbonyl (C=O) groups excluding carboxylic acids is 3. The Bertz CT molecular complexity index is 934. The molecule has 1 unspecified atom stereocenters. The Labute approximate surface area is 168 Å². The van der Waals surface area contributed by atoms with E-state index in [1.807, 2.05) is 13.8 Å². The van der Waals surface area contributed by atoms with E-state index in [9.17, 15) is 19.2 Å². The van der Waals surface area contributed by atoms with Crippen LogP contribution in [0.4, 0.5) is 5.69 Å². The van der Waals surface area contributed by atoms with E-state index in [0.29, 0.717) is 30.6 Å². The normalized spacial score (nSPS) is 11.6. The van der Waals surface area contributed by atoms with Crippen LogP contribution >= 0.6 is 0 Å². The van der Waals surface area contributed by atoms with Crippen molar-refractivity contribution in [3.63, 3.8) is 0 Å². The van der Waals surface area contributed by atoms with Crippen molar-refractivity contribution in [3.05, 3.63) is 58.0 Å². The van der Waals surface area contributed by atoms with Gasteiger partial charge in [-0.1, -0.05) is 13.8 Å². The summed E-state index contributed by atoms with van der Waals surface area (Å²) < 4.78 is 6.41. The van der Waals surface area contributed by atoms with E-state index in [4.69, 9.17) is 4.74 Å². The fraction of sp³-hybridized carbons (Fsp3) is 0.381. The van der Waals surface area contributed by atoms with E-state index in [0.717, 1.165) is 6.42 Å². The largest absolute Gasteiger partial charge is 0.449 e. The molecule has 1 atom stereocenters. The first-order valence-corrected chi connectivity index (χ1v) is 9.59. The van der Waals surface area contributed by atoms with Crippen molar-refractivity contribution in [1.82, 2.24) is 9.78 Å². The lowest BCUT2D eigenvalue weighted by Gasteiger charge is -2.13. The third-order valence-electron chi connectivity index (χ3n) is 4.09. The molecule has 8 nitrogen and oxygen atoms in total. The van der Waals surface area contributed by atoms with Crippen molar-refractivity contribution in [2.75, 3.05) is 5.32 Å². The number of nitrogens with zero attached hydrogens (tertiary/aromatic N) is 2. The number of amides is 1. The molecule has 0 bridgehead atoms. The number of nitrogens with one attached hydrogen (secondary N) is 1. The number of ketones is 1. The molecule has 0 aliphatic heterocycles. The van der Waals surface area contributed by atoms with Gasteiger partial charge in [0.1, 0.15) is 0 Å². The maximum atomic E-state index is 12.5. The van der Waals surface area contributed by atoms with Gasteiger partial charge in [-0.2, -0.15) is 5.10 Å². The molecule has 154 valence electrons. The topological polar surface area (TPSA) is 107 Å². The standard InChI is InChI=1S/C21H25N3O5/c1-4-6-18(25)22-16-9-7-15(8-10-16)20(27)14(3)29-21(28)17-11-12-19(26)24(23-17)13-5-2/h7-12,14H,4-6,13H2,1-3H3,(H,22,25). The zero-order valence-corrected chi connectivity index (χ0v) is 16.8. The average molecular weight is 399 g/mol. The summed E-state index contributed by atoms with van der Waals surface area (Å²) in [6, 6.07) is 8.90. The lowest BCUT2D eigenvalue weighted by molar-refractivity contribution is -0.116. The summed E-state index contributed by atoms with van der Waals surface area (Å²) in [5.74, 6) is -1.25. The number of Topliss-reactive ketones (excluding diaryl/α,β-unsaturated/α-hetero) is 1. The molecular weight excluding hydrogens is 374 g/mol. The molecule has 1 amide bonds. The minimum absolute atomic E-state index is 0.0355. The van der Waals surface area contributed by atoms with E-state index in [1.54, 1.807) is 24.3 Å². The van der Waals surface area contributed by atoms with Crippen LogP contribution in [0.1, 0.15) is 60.9 Å². The molecular formula is C21H25N3O5. The molecule has 8 heteroatoms. The second kappa shape index (κ2) is 10.3. The summed E-state index contributed by atoms with van der Waals surface area (Å²) in [6.07, 6.45) is 0.829. The highest BCUT2D eigenvalue weighted by atomic mass is 16.5. The third-order valence-corrected chi connectivity index (χ3v) is 4.09. The Morgan fingerprint density at radius 3 is 2.38 bits per heavy atom. The van der Waals surface area contributed by atoms with Gasteiger partial charge in [-0.25, -0.2) is 9.48 Å². The second-order valence-electron chi connectivity index (χ2n) is 6.57. The molecule has 29 heavy (non-hydrogen) atoms. The average Bonchev–Trinajstić information content (AvgIpc) is 2.70. The smallest absolute Gasteiger partial charge is 0.359 e. The number of anilines is 1. The highest BCUT2D eigenvalue weighted by Crippen LogP contribution is 2.14. The van der Waals surface area contributed by atoms with Gasteiger partial charge in [0.2, 0.25) is 11.7 Å². The Kier molecular flexibility index (Phi) is 7.82. The molecule has 1 aromatic heterocycles. The van der Waals surface area contributed by atoms with Gasteiger partial charge >= 0.3 is 5.97 Å². The van der Waals surface area contributed by atoms with Crippen molar-refractivity contribution in [2.24, 2.45) is 0 Å². The molecule has 0 saturated carbocycles. The van der Waals surface area contributed by atoms with E-state index in [-0.39, 0.29) is 22.9 Å². The zero-order valence-electron chi connectivity index (χ0n) is 16.8. The Morgan fingerprint density at radius 1 is 1.07 bits per heavy atom. The lowest BCUT2D eigenvalue weighted by Crippen LogP contribution is -2.28. The molecule has 0 aliphatic carbocycles. The van der Waals surface area contributed by atoms with Crippen molar-refractivity contribution >= 4 is 23.3 Å². The minimum Gasteiger partial charge on any atom is -0.449 e. The van der Waals surface area contributed by atoms with Gasteiger partial charge in [0.05, 0.1) is 0 Å². The fourth-order valence-corrected chi connectivity index (χ4v) is 2.61. The summed E-state index contributed by atoms with van der Waals surface area (Å²) in [6.45, 7) is 5.66. The maximum absolute atomic E-state index is 12.5. The van der Waals surface area contributed by atoms with Gasteiger partial charge in [0, 0.05) is 30.3 Å². The van der Waals surface area contributed by atoms with Gasteiger partial charge in [-0.15, -0.1) is 0 Å². The quantitative estimate of drug-likeness (QED) is 0.513. The number of esters is 1. The number of carbonyl (C=O) groups is 3.